The monoisotopic (exact) mass is 418 g/mol. The van der Waals surface area contributed by atoms with Gasteiger partial charge in [-0.25, -0.2) is 4.79 Å². The van der Waals surface area contributed by atoms with Crippen LogP contribution < -0.4 is 0 Å². The van der Waals surface area contributed by atoms with Crippen LogP contribution in [0.5, 0.6) is 0 Å². The molecule has 1 saturated carbocycles. The molecule has 4 N–H and O–H groups in total. The number of esters is 1. The summed E-state index contributed by atoms with van der Waals surface area (Å²) in [5, 5.41) is 41.5. The summed E-state index contributed by atoms with van der Waals surface area (Å²) < 4.78 is 5.53. The van der Waals surface area contributed by atoms with Crippen LogP contribution in [0.4, 0.5) is 0 Å². The Labute approximate surface area is 178 Å². The summed E-state index contributed by atoms with van der Waals surface area (Å²) >= 11 is 0. The van der Waals surface area contributed by atoms with Gasteiger partial charge in [0, 0.05) is 6.08 Å². The first-order valence-electron chi connectivity index (χ1n) is 10.3. The molecule has 166 valence electrons. The van der Waals surface area contributed by atoms with Crippen molar-refractivity contribution in [2.24, 2.45) is 5.92 Å². The average molecular weight is 419 g/mol. The number of hydrogen-bond acceptors (Lipinski definition) is 6. The van der Waals surface area contributed by atoms with Crippen molar-refractivity contribution in [2.75, 3.05) is 0 Å². The summed E-state index contributed by atoms with van der Waals surface area (Å²) in [5.41, 5.74) is -2.96. The maximum absolute atomic E-state index is 12.3. The van der Waals surface area contributed by atoms with E-state index in [-0.39, 0.29) is 12.3 Å². The molecule has 1 aliphatic rings. The molecule has 6 nitrogen and oxygen atoms in total. The van der Waals surface area contributed by atoms with Crippen molar-refractivity contribution in [1.29, 1.82) is 0 Å². The maximum atomic E-state index is 12.3. The first kappa shape index (κ1) is 24.3. The Morgan fingerprint density at radius 3 is 2.47 bits per heavy atom. The van der Waals surface area contributed by atoms with Gasteiger partial charge in [0.15, 0.2) is 0 Å². The van der Waals surface area contributed by atoms with Crippen molar-refractivity contribution in [2.45, 2.75) is 76.0 Å². The van der Waals surface area contributed by atoms with E-state index in [1.165, 1.54) is 32.1 Å². The third-order valence-corrected chi connectivity index (χ3v) is 5.83. The van der Waals surface area contributed by atoms with E-state index in [0.717, 1.165) is 5.56 Å². The summed E-state index contributed by atoms with van der Waals surface area (Å²) in [5.74, 6) is -0.851. The fraction of sp³-hybridized carbons (Fsp3) is 0.542. The molecule has 1 aromatic rings. The third-order valence-electron chi connectivity index (χ3n) is 5.83. The molecule has 5 unspecified atom stereocenters. The molecule has 2 rings (SSSR count). The van der Waals surface area contributed by atoms with Gasteiger partial charge in [0.05, 0.1) is 16.8 Å². The highest BCUT2D eigenvalue weighted by atomic mass is 16.6. The highest BCUT2D eigenvalue weighted by molar-refractivity contribution is 5.87. The second-order valence-corrected chi connectivity index (χ2v) is 9.18. The molecule has 0 heterocycles. The van der Waals surface area contributed by atoms with E-state index in [1.807, 2.05) is 30.3 Å². The van der Waals surface area contributed by atoms with Gasteiger partial charge in [-0.2, -0.15) is 0 Å². The van der Waals surface area contributed by atoms with E-state index in [4.69, 9.17) is 4.74 Å². The van der Waals surface area contributed by atoms with Gasteiger partial charge < -0.3 is 25.2 Å². The van der Waals surface area contributed by atoms with Gasteiger partial charge in [0.25, 0.3) is 0 Å². The van der Waals surface area contributed by atoms with Gasteiger partial charge in [0.2, 0.25) is 0 Å². The van der Waals surface area contributed by atoms with Crippen LogP contribution >= 0.6 is 0 Å². The molecule has 0 amide bonds. The van der Waals surface area contributed by atoms with Gasteiger partial charge in [-0.1, -0.05) is 42.5 Å². The Morgan fingerprint density at radius 1 is 1.23 bits per heavy atom. The molecule has 1 aliphatic carbocycles. The lowest BCUT2D eigenvalue weighted by Gasteiger charge is -2.43. The quantitative estimate of drug-likeness (QED) is 0.308. The first-order valence-corrected chi connectivity index (χ1v) is 10.3. The minimum atomic E-state index is -1.33. The van der Waals surface area contributed by atoms with Crippen molar-refractivity contribution in [3.8, 4) is 0 Å². The number of carbonyl (C=O) groups is 1. The fourth-order valence-electron chi connectivity index (χ4n) is 3.53. The second kappa shape index (κ2) is 9.43. The molecule has 0 spiro atoms. The maximum Gasteiger partial charge on any atom is 0.331 e. The molecule has 30 heavy (non-hydrogen) atoms. The summed E-state index contributed by atoms with van der Waals surface area (Å²) in [7, 11) is 0. The minimum Gasteiger partial charge on any atom is -0.456 e. The molecule has 5 atom stereocenters. The van der Waals surface area contributed by atoms with Crippen molar-refractivity contribution in [3.63, 3.8) is 0 Å². The van der Waals surface area contributed by atoms with Gasteiger partial charge in [-0.15, -0.1) is 0 Å². The summed E-state index contributed by atoms with van der Waals surface area (Å²) in [6.07, 6.45) is 5.06. The van der Waals surface area contributed by atoms with Gasteiger partial charge in [0.1, 0.15) is 12.2 Å². The lowest BCUT2D eigenvalue weighted by Crippen LogP contribution is -2.51. The predicted octanol–water partition coefficient (Wildman–Crippen LogP) is 2.60. The number of rotatable bonds is 7. The highest BCUT2D eigenvalue weighted by Gasteiger charge is 2.45. The molecule has 0 bridgehead atoms. The van der Waals surface area contributed by atoms with E-state index >= 15 is 0 Å². The first-order chi connectivity index (χ1) is 13.8. The Kier molecular flexibility index (Phi) is 7.64. The lowest BCUT2D eigenvalue weighted by molar-refractivity contribution is -0.171. The molecule has 6 heteroatoms. The highest BCUT2D eigenvalue weighted by Crippen LogP contribution is 2.40. The Morgan fingerprint density at radius 2 is 1.87 bits per heavy atom. The molecule has 0 aromatic heterocycles. The third kappa shape index (κ3) is 6.77. The Hall–Kier alpha value is -1.99. The molecule has 1 aromatic carbocycles. The van der Waals surface area contributed by atoms with E-state index in [1.54, 1.807) is 19.9 Å². The summed E-state index contributed by atoms with van der Waals surface area (Å²) in [4.78, 5) is 12.3. The average Bonchev–Trinajstić information content (AvgIpc) is 2.66. The van der Waals surface area contributed by atoms with Crippen LogP contribution in [-0.4, -0.2) is 55.4 Å². The normalized spacial score (nSPS) is 28.4. The standard InChI is InChI=1S/C24H34O6/c1-22(2,27)19(25)13-15-23(3,28)18-12-14-24(4,29)20(16-18)30-21(26)11-10-17-8-6-5-7-9-17/h5-11,13,15,18-20,25,27-29H,12,14,16H2,1-4H3. The number of ether oxygens (including phenoxy) is 1. The second-order valence-electron chi connectivity index (χ2n) is 9.18. The van der Waals surface area contributed by atoms with E-state index in [2.05, 4.69) is 0 Å². The van der Waals surface area contributed by atoms with Crippen molar-refractivity contribution in [3.05, 3.63) is 54.1 Å². The fourth-order valence-corrected chi connectivity index (χ4v) is 3.53. The summed E-state index contributed by atoms with van der Waals surface area (Å²) in [6.45, 7) is 6.20. The van der Waals surface area contributed by atoms with Crippen molar-refractivity contribution < 1.29 is 30.0 Å². The van der Waals surface area contributed by atoms with Crippen molar-refractivity contribution in [1.82, 2.24) is 0 Å². The van der Waals surface area contributed by atoms with Crippen LogP contribution in [0, 0.1) is 5.92 Å². The summed E-state index contributed by atoms with van der Waals surface area (Å²) in [6, 6.07) is 9.35. The number of hydrogen-bond donors (Lipinski definition) is 4. The van der Waals surface area contributed by atoms with Gasteiger partial charge in [-0.3, -0.25) is 0 Å². The van der Waals surface area contributed by atoms with Crippen LogP contribution in [0.3, 0.4) is 0 Å². The topological polar surface area (TPSA) is 107 Å². The lowest BCUT2D eigenvalue weighted by atomic mass is 9.71. The number of aliphatic hydroxyl groups excluding tert-OH is 1. The molecular weight excluding hydrogens is 384 g/mol. The number of aliphatic hydroxyl groups is 4. The molecule has 0 radical (unpaired) electrons. The van der Waals surface area contributed by atoms with Crippen LogP contribution in [0.2, 0.25) is 0 Å². The zero-order valence-electron chi connectivity index (χ0n) is 18.2. The largest absolute Gasteiger partial charge is 0.456 e. The molecule has 0 aliphatic heterocycles. The number of benzene rings is 1. The molecule has 0 saturated heterocycles. The van der Waals surface area contributed by atoms with Gasteiger partial charge in [-0.05, 0) is 64.5 Å². The minimum absolute atomic E-state index is 0.272. The van der Waals surface area contributed by atoms with Crippen molar-refractivity contribution >= 4 is 12.0 Å². The Balaban J connectivity index is 2.06. The van der Waals surface area contributed by atoms with Crippen LogP contribution in [0.1, 0.15) is 52.5 Å². The van der Waals surface area contributed by atoms with E-state index in [0.29, 0.717) is 12.8 Å². The zero-order valence-corrected chi connectivity index (χ0v) is 18.2. The smallest absolute Gasteiger partial charge is 0.331 e. The molecule has 1 fully saturated rings. The van der Waals surface area contributed by atoms with E-state index < -0.39 is 35.0 Å². The SMILES string of the molecule is CC(C)(O)C(O)C=CC(C)(O)C1CCC(C)(O)C(OC(=O)C=Cc2ccccc2)C1. The zero-order chi connectivity index (χ0) is 22.6. The molecular formula is C24H34O6. The van der Waals surface area contributed by atoms with Crippen LogP contribution in [-0.2, 0) is 9.53 Å². The van der Waals surface area contributed by atoms with Crippen LogP contribution in [0.25, 0.3) is 6.08 Å². The Bertz CT molecular complexity index is 758. The van der Waals surface area contributed by atoms with Crippen LogP contribution in [0.15, 0.2) is 48.6 Å². The van der Waals surface area contributed by atoms with E-state index in [9.17, 15) is 25.2 Å². The van der Waals surface area contributed by atoms with Gasteiger partial charge >= 0.3 is 5.97 Å². The predicted molar refractivity (Wildman–Crippen MR) is 115 cm³/mol. The number of carbonyl (C=O) groups excluding carboxylic acids is 1.